The molecule has 21 heavy (non-hydrogen) atoms. The summed E-state index contributed by atoms with van der Waals surface area (Å²) >= 11 is 0. The first-order valence-electron chi connectivity index (χ1n) is 7.92. The Labute approximate surface area is 124 Å². The second kappa shape index (κ2) is 4.47. The maximum atomic E-state index is 12.1. The molecule has 0 amide bonds. The largest absolute Gasteiger partial charge is 0.328 e. The predicted molar refractivity (Wildman–Crippen MR) is 84.3 cm³/mol. The van der Waals surface area contributed by atoms with Crippen molar-refractivity contribution in [3.63, 3.8) is 0 Å². The number of hydrogen-bond acceptors (Lipinski definition) is 2. The van der Waals surface area contributed by atoms with E-state index in [0.29, 0.717) is 6.04 Å². The van der Waals surface area contributed by atoms with Crippen molar-refractivity contribution in [2.24, 2.45) is 31.8 Å². The minimum atomic E-state index is 0.0465. The lowest BCUT2D eigenvalue weighted by Crippen LogP contribution is -2.24. The fraction of sp³-hybridized carbons (Fsp3) is 0.588. The summed E-state index contributed by atoms with van der Waals surface area (Å²) < 4.78 is 3.47. The molecule has 1 heterocycles. The van der Waals surface area contributed by atoms with E-state index < -0.39 is 0 Å². The SMILES string of the molecule is CNC(c1ccc2c(c1)n(C)c(=O)n2C)C1CC2CC2C1. The molecular weight excluding hydrogens is 262 g/mol. The summed E-state index contributed by atoms with van der Waals surface area (Å²) in [4.78, 5) is 12.1. The van der Waals surface area contributed by atoms with Crippen molar-refractivity contribution in [3.8, 4) is 0 Å². The quantitative estimate of drug-likeness (QED) is 0.939. The second-order valence-electron chi connectivity index (χ2n) is 6.90. The van der Waals surface area contributed by atoms with Gasteiger partial charge in [-0.05, 0) is 61.8 Å². The van der Waals surface area contributed by atoms with Gasteiger partial charge in [0.15, 0.2) is 0 Å². The van der Waals surface area contributed by atoms with Gasteiger partial charge in [-0.3, -0.25) is 9.13 Å². The number of aryl methyl sites for hydroxylation is 2. The van der Waals surface area contributed by atoms with Crippen LogP contribution in [0.25, 0.3) is 11.0 Å². The van der Waals surface area contributed by atoms with E-state index in [0.717, 1.165) is 28.8 Å². The highest BCUT2D eigenvalue weighted by Crippen LogP contribution is 2.57. The summed E-state index contributed by atoms with van der Waals surface area (Å²) in [5.74, 6) is 2.74. The van der Waals surface area contributed by atoms with Gasteiger partial charge in [0.25, 0.3) is 0 Å². The zero-order valence-electron chi connectivity index (χ0n) is 13.0. The van der Waals surface area contributed by atoms with Crippen LogP contribution >= 0.6 is 0 Å². The monoisotopic (exact) mass is 285 g/mol. The summed E-state index contributed by atoms with van der Waals surface area (Å²) in [7, 11) is 5.75. The van der Waals surface area contributed by atoms with E-state index in [1.165, 1.54) is 24.8 Å². The molecule has 112 valence electrons. The number of rotatable bonds is 3. The molecular formula is C17H23N3O. The molecule has 2 aliphatic carbocycles. The fourth-order valence-corrected chi connectivity index (χ4v) is 4.43. The first-order chi connectivity index (χ1) is 10.1. The third kappa shape index (κ3) is 1.89. The zero-order valence-corrected chi connectivity index (χ0v) is 13.0. The van der Waals surface area contributed by atoms with E-state index in [1.807, 2.05) is 14.1 Å². The first kappa shape index (κ1) is 13.1. The highest BCUT2D eigenvalue weighted by Gasteiger charge is 2.47. The Morgan fingerprint density at radius 1 is 1.10 bits per heavy atom. The van der Waals surface area contributed by atoms with Crippen LogP contribution in [0.15, 0.2) is 23.0 Å². The van der Waals surface area contributed by atoms with Gasteiger partial charge in [-0.2, -0.15) is 0 Å². The number of imidazole rings is 1. The molecule has 4 nitrogen and oxygen atoms in total. The van der Waals surface area contributed by atoms with Crippen molar-refractivity contribution in [2.45, 2.75) is 25.3 Å². The summed E-state index contributed by atoms with van der Waals surface area (Å²) in [6.07, 6.45) is 4.18. The smallest absolute Gasteiger partial charge is 0.313 e. The highest BCUT2D eigenvalue weighted by atomic mass is 16.1. The van der Waals surface area contributed by atoms with Crippen LogP contribution in [0.1, 0.15) is 30.9 Å². The minimum absolute atomic E-state index is 0.0465. The molecule has 3 unspecified atom stereocenters. The summed E-state index contributed by atoms with van der Waals surface area (Å²) in [5, 5.41) is 3.51. The third-order valence-electron chi connectivity index (χ3n) is 5.72. The molecule has 3 atom stereocenters. The molecule has 1 aromatic carbocycles. The molecule has 0 aliphatic heterocycles. The van der Waals surface area contributed by atoms with Gasteiger partial charge in [-0.25, -0.2) is 4.79 Å². The van der Waals surface area contributed by atoms with E-state index in [-0.39, 0.29) is 5.69 Å². The Morgan fingerprint density at radius 3 is 2.43 bits per heavy atom. The number of aromatic nitrogens is 2. The van der Waals surface area contributed by atoms with Crippen LogP contribution in [-0.4, -0.2) is 16.2 Å². The van der Waals surface area contributed by atoms with Crippen molar-refractivity contribution in [2.75, 3.05) is 7.05 Å². The third-order valence-corrected chi connectivity index (χ3v) is 5.72. The van der Waals surface area contributed by atoms with Gasteiger partial charge in [0.1, 0.15) is 0 Å². The average molecular weight is 285 g/mol. The van der Waals surface area contributed by atoms with Gasteiger partial charge >= 0.3 is 5.69 Å². The molecule has 2 saturated carbocycles. The Balaban J connectivity index is 1.75. The molecule has 4 heteroatoms. The van der Waals surface area contributed by atoms with Gasteiger partial charge in [0.2, 0.25) is 0 Å². The van der Waals surface area contributed by atoms with Crippen LogP contribution in [0.2, 0.25) is 0 Å². The van der Waals surface area contributed by atoms with Crippen molar-refractivity contribution in [1.29, 1.82) is 0 Å². The summed E-state index contributed by atoms with van der Waals surface area (Å²) in [6, 6.07) is 6.89. The van der Waals surface area contributed by atoms with Gasteiger partial charge in [-0.1, -0.05) is 6.07 Å². The molecule has 0 saturated heterocycles. The number of nitrogens with zero attached hydrogens (tertiary/aromatic N) is 2. The van der Waals surface area contributed by atoms with E-state index in [2.05, 4.69) is 30.6 Å². The standard InChI is InChI=1S/C17H23N3O/c1-18-16(13-7-11-6-12(11)8-13)10-4-5-14-15(9-10)20(3)17(21)19(14)2/h4-5,9,11-13,16,18H,6-8H2,1-3H3. The maximum absolute atomic E-state index is 12.1. The number of nitrogens with one attached hydrogen (secondary N) is 1. The zero-order chi connectivity index (χ0) is 14.7. The van der Waals surface area contributed by atoms with E-state index >= 15 is 0 Å². The molecule has 2 aromatic rings. The first-order valence-corrected chi connectivity index (χ1v) is 7.92. The Bertz CT molecular complexity index is 747. The average Bonchev–Trinajstić information content (AvgIpc) is 3.05. The fourth-order valence-electron chi connectivity index (χ4n) is 4.43. The molecule has 0 radical (unpaired) electrons. The summed E-state index contributed by atoms with van der Waals surface area (Å²) in [6.45, 7) is 0. The Hall–Kier alpha value is -1.55. The molecule has 2 fully saturated rings. The topological polar surface area (TPSA) is 39.0 Å². The molecule has 1 aromatic heterocycles. The van der Waals surface area contributed by atoms with Gasteiger partial charge < -0.3 is 5.32 Å². The maximum Gasteiger partial charge on any atom is 0.328 e. The molecule has 1 N–H and O–H groups in total. The Kier molecular flexibility index (Phi) is 2.80. The van der Waals surface area contributed by atoms with Crippen LogP contribution in [0.3, 0.4) is 0 Å². The van der Waals surface area contributed by atoms with Gasteiger partial charge in [0, 0.05) is 20.1 Å². The Morgan fingerprint density at radius 2 is 1.76 bits per heavy atom. The number of fused-ring (bicyclic) bond motifs is 2. The van der Waals surface area contributed by atoms with Crippen LogP contribution in [0.4, 0.5) is 0 Å². The summed E-state index contributed by atoms with van der Waals surface area (Å²) in [5.41, 5.74) is 3.40. The van der Waals surface area contributed by atoms with Crippen LogP contribution in [0, 0.1) is 17.8 Å². The molecule has 0 bridgehead atoms. The highest BCUT2D eigenvalue weighted by molar-refractivity contribution is 5.77. The van der Waals surface area contributed by atoms with Crippen molar-refractivity contribution < 1.29 is 0 Å². The lowest BCUT2D eigenvalue weighted by molar-refractivity contribution is 0.359. The van der Waals surface area contributed by atoms with Crippen molar-refractivity contribution >= 4 is 11.0 Å². The normalized spacial score (nSPS) is 28.8. The van der Waals surface area contributed by atoms with Crippen LogP contribution < -0.4 is 11.0 Å². The number of benzene rings is 1. The van der Waals surface area contributed by atoms with Crippen LogP contribution in [0.5, 0.6) is 0 Å². The van der Waals surface area contributed by atoms with Crippen LogP contribution in [-0.2, 0) is 14.1 Å². The molecule has 0 spiro atoms. The second-order valence-corrected chi connectivity index (χ2v) is 6.90. The molecule has 2 aliphatic rings. The number of hydrogen-bond donors (Lipinski definition) is 1. The van der Waals surface area contributed by atoms with Crippen molar-refractivity contribution in [1.82, 2.24) is 14.5 Å². The lowest BCUT2D eigenvalue weighted by atomic mass is 9.89. The minimum Gasteiger partial charge on any atom is -0.313 e. The van der Waals surface area contributed by atoms with E-state index in [4.69, 9.17) is 0 Å². The van der Waals surface area contributed by atoms with Gasteiger partial charge in [-0.15, -0.1) is 0 Å². The molecule has 4 rings (SSSR count). The van der Waals surface area contributed by atoms with Crippen molar-refractivity contribution in [3.05, 3.63) is 34.2 Å². The van der Waals surface area contributed by atoms with E-state index in [9.17, 15) is 4.79 Å². The van der Waals surface area contributed by atoms with E-state index in [1.54, 1.807) is 9.13 Å². The van der Waals surface area contributed by atoms with Gasteiger partial charge in [0.05, 0.1) is 11.0 Å². The lowest BCUT2D eigenvalue weighted by Gasteiger charge is -2.25. The predicted octanol–water partition coefficient (Wildman–Crippen LogP) is 2.18.